The Kier molecular flexibility index (Phi) is 3.21. The maximum absolute atomic E-state index is 11.9. The average molecular weight is 237 g/mol. The first-order valence-electron chi connectivity index (χ1n) is 5.32. The molecule has 7 nitrogen and oxygen atoms in total. The summed E-state index contributed by atoms with van der Waals surface area (Å²) in [5.41, 5.74) is 2.25. The SMILES string of the molecule is CC1(NC(=O)c2cncc(NN)n2)CCOC1. The third kappa shape index (κ3) is 2.69. The first kappa shape index (κ1) is 11.7. The summed E-state index contributed by atoms with van der Waals surface area (Å²) in [5, 5.41) is 2.89. The molecule has 7 heteroatoms. The van der Waals surface area contributed by atoms with Crippen molar-refractivity contribution in [1.82, 2.24) is 15.3 Å². The highest BCUT2D eigenvalue weighted by atomic mass is 16.5. The Hall–Kier alpha value is -1.73. The predicted octanol–water partition coefficient (Wildman–Crippen LogP) is -0.329. The van der Waals surface area contributed by atoms with Gasteiger partial charge in [0.15, 0.2) is 5.82 Å². The number of hydrazine groups is 1. The number of rotatable bonds is 3. The van der Waals surface area contributed by atoms with Crippen LogP contribution in [-0.2, 0) is 4.74 Å². The van der Waals surface area contributed by atoms with Crippen LogP contribution >= 0.6 is 0 Å². The van der Waals surface area contributed by atoms with Crippen LogP contribution in [0.3, 0.4) is 0 Å². The van der Waals surface area contributed by atoms with Gasteiger partial charge in [-0.05, 0) is 13.3 Å². The van der Waals surface area contributed by atoms with E-state index in [0.29, 0.717) is 19.0 Å². The molecule has 0 aromatic carbocycles. The number of amides is 1. The van der Waals surface area contributed by atoms with Gasteiger partial charge in [0, 0.05) is 6.61 Å². The first-order valence-corrected chi connectivity index (χ1v) is 5.32. The number of hydrogen-bond donors (Lipinski definition) is 3. The largest absolute Gasteiger partial charge is 0.379 e. The molecule has 0 bridgehead atoms. The number of aromatic nitrogens is 2. The van der Waals surface area contributed by atoms with Crippen LogP contribution in [-0.4, -0.2) is 34.6 Å². The fourth-order valence-corrected chi connectivity index (χ4v) is 1.65. The summed E-state index contributed by atoms with van der Waals surface area (Å²) >= 11 is 0. The summed E-state index contributed by atoms with van der Waals surface area (Å²) in [7, 11) is 0. The Balaban J connectivity index is 2.08. The molecule has 4 N–H and O–H groups in total. The van der Waals surface area contributed by atoms with E-state index in [9.17, 15) is 4.79 Å². The van der Waals surface area contributed by atoms with Crippen LogP contribution in [0.25, 0.3) is 0 Å². The van der Waals surface area contributed by atoms with Gasteiger partial charge in [0.25, 0.3) is 5.91 Å². The number of nitrogens with one attached hydrogen (secondary N) is 2. The molecular weight excluding hydrogens is 222 g/mol. The van der Waals surface area contributed by atoms with Crippen molar-refractivity contribution < 1.29 is 9.53 Å². The van der Waals surface area contributed by atoms with E-state index >= 15 is 0 Å². The summed E-state index contributed by atoms with van der Waals surface area (Å²) < 4.78 is 5.26. The molecule has 1 aliphatic rings. The maximum atomic E-state index is 11.9. The second-order valence-electron chi connectivity index (χ2n) is 4.25. The van der Waals surface area contributed by atoms with Crippen molar-refractivity contribution in [3.8, 4) is 0 Å². The minimum absolute atomic E-state index is 0.230. The molecule has 1 saturated heterocycles. The summed E-state index contributed by atoms with van der Waals surface area (Å²) in [4.78, 5) is 19.8. The van der Waals surface area contributed by atoms with Gasteiger partial charge in [0.05, 0.1) is 24.5 Å². The highest BCUT2D eigenvalue weighted by Crippen LogP contribution is 2.17. The molecule has 17 heavy (non-hydrogen) atoms. The van der Waals surface area contributed by atoms with Gasteiger partial charge in [-0.15, -0.1) is 0 Å². The average Bonchev–Trinajstić information content (AvgIpc) is 2.76. The van der Waals surface area contributed by atoms with Crippen molar-refractivity contribution in [2.75, 3.05) is 18.6 Å². The number of anilines is 1. The quantitative estimate of drug-likeness (QED) is 0.491. The van der Waals surface area contributed by atoms with Crippen LogP contribution in [0.15, 0.2) is 12.4 Å². The topological polar surface area (TPSA) is 102 Å². The molecule has 1 aliphatic heterocycles. The van der Waals surface area contributed by atoms with E-state index in [1.165, 1.54) is 12.4 Å². The second kappa shape index (κ2) is 4.64. The summed E-state index contributed by atoms with van der Waals surface area (Å²) in [5.74, 6) is 5.28. The number of nitrogens with zero attached hydrogens (tertiary/aromatic N) is 2. The lowest BCUT2D eigenvalue weighted by Gasteiger charge is -2.23. The first-order chi connectivity index (χ1) is 8.13. The number of ether oxygens (including phenoxy) is 1. The lowest BCUT2D eigenvalue weighted by molar-refractivity contribution is 0.0884. The minimum atomic E-state index is -0.328. The lowest BCUT2D eigenvalue weighted by Crippen LogP contribution is -2.46. The van der Waals surface area contributed by atoms with Crippen LogP contribution in [0.5, 0.6) is 0 Å². The van der Waals surface area contributed by atoms with Crippen molar-refractivity contribution in [2.24, 2.45) is 5.84 Å². The standard InChI is InChI=1S/C10H15N5O2/c1-10(2-3-17-6-10)14-9(16)7-4-12-5-8(13-7)15-11/h4-5H,2-3,6,11H2,1H3,(H,13,15)(H,14,16). The van der Waals surface area contributed by atoms with Crippen LogP contribution in [0.4, 0.5) is 5.82 Å². The lowest BCUT2D eigenvalue weighted by atomic mass is 10.0. The van der Waals surface area contributed by atoms with E-state index in [2.05, 4.69) is 20.7 Å². The van der Waals surface area contributed by atoms with E-state index < -0.39 is 0 Å². The molecule has 0 saturated carbocycles. The molecule has 2 rings (SSSR count). The smallest absolute Gasteiger partial charge is 0.272 e. The van der Waals surface area contributed by atoms with Gasteiger partial charge in [0.1, 0.15) is 5.69 Å². The molecule has 1 fully saturated rings. The summed E-state index contributed by atoms with van der Waals surface area (Å²) in [6.07, 6.45) is 3.63. The van der Waals surface area contributed by atoms with Gasteiger partial charge in [-0.1, -0.05) is 0 Å². The van der Waals surface area contributed by atoms with Gasteiger partial charge < -0.3 is 15.5 Å². The molecule has 1 aromatic heterocycles. The molecule has 0 radical (unpaired) electrons. The summed E-state index contributed by atoms with van der Waals surface area (Å²) in [6.45, 7) is 3.12. The van der Waals surface area contributed by atoms with E-state index in [4.69, 9.17) is 10.6 Å². The number of carbonyl (C=O) groups excluding carboxylic acids is 1. The van der Waals surface area contributed by atoms with Crippen LogP contribution in [0, 0.1) is 0 Å². The fourth-order valence-electron chi connectivity index (χ4n) is 1.65. The molecule has 0 aliphatic carbocycles. The third-order valence-corrected chi connectivity index (χ3v) is 2.65. The van der Waals surface area contributed by atoms with E-state index in [1.807, 2.05) is 6.92 Å². The van der Waals surface area contributed by atoms with Crippen LogP contribution in [0.1, 0.15) is 23.8 Å². The Labute approximate surface area is 98.7 Å². The molecule has 1 unspecified atom stereocenters. The van der Waals surface area contributed by atoms with Gasteiger partial charge >= 0.3 is 0 Å². The maximum Gasteiger partial charge on any atom is 0.272 e. The number of nitrogens with two attached hydrogens (primary N) is 1. The van der Waals surface area contributed by atoms with Crippen LogP contribution < -0.4 is 16.6 Å². The zero-order valence-electron chi connectivity index (χ0n) is 9.56. The molecule has 92 valence electrons. The van der Waals surface area contributed by atoms with Gasteiger partial charge in [-0.2, -0.15) is 0 Å². The fraction of sp³-hybridized carbons (Fsp3) is 0.500. The monoisotopic (exact) mass is 237 g/mol. The van der Waals surface area contributed by atoms with Crippen molar-refractivity contribution >= 4 is 11.7 Å². The Morgan fingerprint density at radius 2 is 2.41 bits per heavy atom. The minimum Gasteiger partial charge on any atom is -0.379 e. The Morgan fingerprint density at radius 3 is 3.06 bits per heavy atom. The molecule has 2 heterocycles. The zero-order valence-corrected chi connectivity index (χ0v) is 9.56. The third-order valence-electron chi connectivity index (χ3n) is 2.65. The van der Waals surface area contributed by atoms with Gasteiger partial charge in [0.2, 0.25) is 0 Å². The molecule has 1 atom stereocenters. The molecule has 0 spiro atoms. The normalized spacial score (nSPS) is 23.4. The highest BCUT2D eigenvalue weighted by molar-refractivity contribution is 5.92. The van der Waals surface area contributed by atoms with Crippen molar-refractivity contribution in [2.45, 2.75) is 18.9 Å². The second-order valence-corrected chi connectivity index (χ2v) is 4.25. The van der Waals surface area contributed by atoms with Crippen molar-refractivity contribution in [3.63, 3.8) is 0 Å². The predicted molar refractivity (Wildman–Crippen MR) is 61.1 cm³/mol. The summed E-state index contributed by atoms with van der Waals surface area (Å²) in [6, 6.07) is 0. The zero-order chi connectivity index (χ0) is 12.3. The Bertz CT molecular complexity index is 417. The van der Waals surface area contributed by atoms with Gasteiger partial charge in [-0.25, -0.2) is 10.8 Å². The number of carbonyl (C=O) groups is 1. The van der Waals surface area contributed by atoms with Crippen molar-refractivity contribution in [3.05, 3.63) is 18.1 Å². The van der Waals surface area contributed by atoms with Crippen molar-refractivity contribution in [1.29, 1.82) is 0 Å². The number of nitrogen functional groups attached to an aromatic ring is 1. The van der Waals surface area contributed by atoms with Crippen LogP contribution in [0.2, 0.25) is 0 Å². The Morgan fingerprint density at radius 1 is 1.59 bits per heavy atom. The van der Waals surface area contributed by atoms with E-state index in [0.717, 1.165) is 6.42 Å². The van der Waals surface area contributed by atoms with E-state index in [1.54, 1.807) is 0 Å². The molecule has 1 aromatic rings. The molecular formula is C10H15N5O2. The van der Waals surface area contributed by atoms with Gasteiger partial charge in [-0.3, -0.25) is 9.78 Å². The highest BCUT2D eigenvalue weighted by Gasteiger charge is 2.31. The van der Waals surface area contributed by atoms with E-state index in [-0.39, 0.29) is 17.1 Å². The number of hydrogen-bond acceptors (Lipinski definition) is 6. The molecule has 1 amide bonds.